The van der Waals surface area contributed by atoms with Crippen LogP contribution in [-0.2, 0) is 6.42 Å². The molecule has 0 spiro atoms. The second-order valence-electron chi connectivity index (χ2n) is 1.59. The first kappa shape index (κ1) is 6.01. The predicted octanol–water partition coefficient (Wildman–Crippen LogP) is 1.27. The van der Waals surface area contributed by atoms with Gasteiger partial charge in [-0.05, 0) is 6.08 Å². The lowest BCUT2D eigenvalue weighted by molar-refractivity contribution is 0.492. The van der Waals surface area contributed by atoms with Gasteiger partial charge in [-0.1, -0.05) is 13.5 Å². The molecule has 0 saturated heterocycles. The van der Waals surface area contributed by atoms with Gasteiger partial charge in [0, 0.05) is 6.42 Å². The summed E-state index contributed by atoms with van der Waals surface area (Å²) in [6, 6.07) is 0. The maximum absolute atomic E-state index is 5.04. The van der Waals surface area contributed by atoms with E-state index in [1.807, 2.05) is 6.92 Å². The molecule has 0 unspecified atom stereocenters. The van der Waals surface area contributed by atoms with Crippen molar-refractivity contribution in [3.8, 4) is 0 Å². The molecule has 0 aromatic carbocycles. The van der Waals surface area contributed by atoms with E-state index in [2.05, 4.69) is 16.8 Å². The van der Waals surface area contributed by atoms with Gasteiger partial charge in [0.15, 0.2) is 0 Å². The molecule has 0 aliphatic heterocycles. The van der Waals surface area contributed by atoms with Gasteiger partial charge in [-0.2, -0.15) is 0 Å². The quantitative estimate of drug-likeness (QED) is 0.596. The predicted molar refractivity (Wildman–Crippen MR) is 33.8 cm³/mol. The van der Waals surface area contributed by atoms with Crippen molar-refractivity contribution in [1.82, 2.24) is 10.2 Å². The first-order valence-electron chi connectivity index (χ1n) is 2.81. The topological polar surface area (TPSA) is 38.9 Å². The van der Waals surface area contributed by atoms with E-state index < -0.39 is 0 Å². The lowest BCUT2D eigenvalue weighted by Gasteiger charge is -1.78. The molecule has 0 aliphatic carbocycles. The van der Waals surface area contributed by atoms with Gasteiger partial charge in [-0.3, -0.25) is 0 Å². The smallest absolute Gasteiger partial charge is 0.239 e. The molecule has 1 heterocycles. The van der Waals surface area contributed by atoms with E-state index in [0.717, 1.165) is 6.42 Å². The van der Waals surface area contributed by atoms with Crippen molar-refractivity contribution in [2.75, 3.05) is 0 Å². The number of aryl methyl sites for hydroxylation is 1. The molecular weight excluding hydrogens is 116 g/mol. The lowest BCUT2D eigenvalue weighted by Crippen LogP contribution is -1.76. The average molecular weight is 124 g/mol. The molecule has 0 radical (unpaired) electrons. The van der Waals surface area contributed by atoms with E-state index in [-0.39, 0.29) is 0 Å². The minimum Gasteiger partial charge on any atom is -0.421 e. The molecule has 0 aliphatic rings. The third kappa shape index (κ3) is 1.16. The molecule has 0 fully saturated rings. The van der Waals surface area contributed by atoms with Crippen LogP contribution in [0.15, 0.2) is 11.0 Å². The Labute approximate surface area is 53.4 Å². The van der Waals surface area contributed by atoms with Crippen LogP contribution in [-0.4, -0.2) is 10.2 Å². The van der Waals surface area contributed by atoms with Crippen molar-refractivity contribution in [1.29, 1.82) is 0 Å². The maximum atomic E-state index is 5.04. The number of hydrogen-bond donors (Lipinski definition) is 0. The minimum absolute atomic E-state index is 0.492. The Hall–Kier alpha value is -1.12. The first-order valence-corrected chi connectivity index (χ1v) is 2.81. The molecule has 0 saturated carbocycles. The van der Waals surface area contributed by atoms with E-state index in [1.165, 1.54) is 6.08 Å². The van der Waals surface area contributed by atoms with Gasteiger partial charge in [-0.25, -0.2) is 0 Å². The van der Waals surface area contributed by atoms with Gasteiger partial charge in [0.25, 0.3) is 0 Å². The Balaban J connectivity index is 2.86. The van der Waals surface area contributed by atoms with Gasteiger partial charge >= 0.3 is 0 Å². The SMILES string of the molecule is C=Cc1nnc(CC)o1. The van der Waals surface area contributed by atoms with Crippen molar-refractivity contribution < 1.29 is 4.42 Å². The lowest BCUT2D eigenvalue weighted by atomic mass is 10.5. The summed E-state index contributed by atoms with van der Waals surface area (Å²) >= 11 is 0. The van der Waals surface area contributed by atoms with Gasteiger partial charge in [0.05, 0.1) is 0 Å². The summed E-state index contributed by atoms with van der Waals surface area (Å²) in [7, 11) is 0. The van der Waals surface area contributed by atoms with Gasteiger partial charge in [0.1, 0.15) is 0 Å². The third-order valence-corrected chi connectivity index (χ3v) is 0.960. The zero-order valence-corrected chi connectivity index (χ0v) is 5.29. The highest BCUT2D eigenvalue weighted by Crippen LogP contribution is 1.99. The highest BCUT2D eigenvalue weighted by atomic mass is 16.4. The summed E-state index contributed by atoms with van der Waals surface area (Å²) in [6.07, 6.45) is 2.31. The summed E-state index contributed by atoms with van der Waals surface area (Å²) in [4.78, 5) is 0. The second-order valence-corrected chi connectivity index (χ2v) is 1.59. The maximum Gasteiger partial charge on any atom is 0.239 e. The van der Waals surface area contributed by atoms with Crippen LogP contribution in [0.3, 0.4) is 0 Å². The zero-order valence-electron chi connectivity index (χ0n) is 5.29. The van der Waals surface area contributed by atoms with E-state index in [9.17, 15) is 0 Å². The fraction of sp³-hybridized carbons (Fsp3) is 0.333. The zero-order chi connectivity index (χ0) is 6.69. The van der Waals surface area contributed by atoms with Crippen LogP contribution in [0.25, 0.3) is 6.08 Å². The minimum atomic E-state index is 0.492. The standard InChI is InChI=1S/C6H8N2O/c1-3-5-7-8-6(4-2)9-5/h3H,1,4H2,2H3. The Bertz CT molecular complexity index is 205. The Morgan fingerprint density at radius 3 is 2.78 bits per heavy atom. The number of hydrogen-bond acceptors (Lipinski definition) is 3. The van der Waals surface area contributed by atoms with Crippen molar-refractivity contribution in [2.24, 2.45) is 0 Å². The Kier molecular flexibility index (Phi) is 1.63. The fourth-order valence-corrected chi connectivity index (χ4v) is 0.492. The Morgan fingerprint density at radius 2 is 2.44 bits per heavy atom. The van der Waals surface area contributed by atoms with Crippen molar-refractivity contribution in [3.05, 3.63) is 18.4 Å². The van der Waals surface area contributed by atoms with E-state index >= 15 is 0 Å². The summed E-state index contributed by atoms with van der Waals surface area (Å²) in [5.74, 6) is 1.15. The van der Waals surface area contributed by atoms with Gasteiger partial charge < -0.3 is 4.42 Å². The molecule has 1 aromatic rings. The largest absolute Gasteiger partial charge is 0.421 e. The molecule has 48 valence electrons. The highest BCUT2D eigenvalue weighted by Gasteiger charge is 1.96. The number of nitrogens with zero attached hydrogens (tertiary/aromatic N) is 2. The van der Waals surface area contributed by atoms with Crippen molar-refractivity contribution in [3.63, 3.8) is 0 Å². The fourth-order valence-electron chi connectivity index (χ4n) is 0.492. The van der Waals surface area contributed by atoms with Crippen molar-refractivity contribution in [2.45, 2.75) is 13.3 Å². The summed E-state index contributed by atoms with van der Waals surface area (Å²) in [5.41, 5.74) is 0. The van der Waals surface area contributed by atoms with E-state index in [0.29, 0.717) is 11.8 Å². The van der Waals surface area contributed by atoms with Crippen LogP contribution in [0, 0.1) is 0 Å². The van der Waals surface area contributed by atoms with Crippen LogP contribution >= 0.6 is 0 Å². The molecule has 0 N–H and O–H groups in total. The van der Waals surface area contributed by atoms with Crippen LogP contribution < -0.4 is 0 Å². The third-order valence-electron chi connectivity index (χ3n) is 0.960. The van der Waals surface area contributed by atoms with Crippen LogP contribution in [0.5, 0.6) is 0 Å². The molecule has 0 amide bonds. The number of rotatable bonds is 2. The second kappa shape index (κ2) is 2.44. The van der Waals surface area contributed by atoms with Crippen molar-refractivity contribution >= 4 is 6.08 Å². The summed E-state index contributed by atoms with van der Waals surface area (Å²) < 4.78 is 5.04. The van der Waals surface area contributed by atoms with Crippen LogP contribution in [0.4, 0.5) is 0 Å². The average Bonchev–Trinajstić information content (AvgIpc) is 2.34. The molecule has 9 heavy (non-hydrogen) atoms. The van der Waals surface area contributed by atoms with Crippen LogP contribution in [0.1, 0.15) is 18.7 Å². The van der Waals surface area contributed by atoms with Crippen LogP contribution in [0.2, 0.25) is 0 Å². The Morgan fingerprint density at radius 1 is 1.67 bits per heavy atom. The first-order chi connectivity index (χ1) is 4.36. The van der Waals surface area contributed by atoms with Gasteiger partial charge in [0.2, 0.25) is 11.8 Å². The number of aromatic nitrogens is 2. The van der Waals surface area contributed by atoms with Gasteiger partial charge in [-0.15, -0.1) is 10.2 Å². The molecule has 1 aromatic heterocycles. The molecule has 3 nitrogen and oxygen atoms in total. The molecular formula is C6H8N2O. The van der Waals surface area contributed by atoms with E-state index in [4.69, 9.17) is 4.42 Å². The highest BCUT2D eigenvalue weighted by molar-refractivity contribution is 5.31. The molecule has 1 rings (SSSR count). The molecule has 3 heteroatoms. The normalized spacial score (nSPS) is 9.44. The summed E-state index contributed by atoms with van der Waals surface area (Å²) in [5, 5.41) is 7.39. The summed E-state index contributed by atoms with van der Waals surface area (Å²) in [6.45, 7) is 5.44. The molecule has 0 atom stereocenters. The molecule has 0 bridgehead atoms. The monoisotopic (exact) mass is 124 g/mol. The van der Waals surface area contributed by atoms with E-state index in [1.54, 1.807) is 0 Å².